The van der Waals surface area contributed by atoms with Crippen LogP contribution < -0.4 is 4.74 Å². The highest BCUT2D eigenvalue weighted by molar-refractivity contribution is 5.33. The van der Waals surface area contributed by atoms with Gasteiger partial charge in [0.25, 0.3) is 0 Å². The van der Waals surface area contributed by atoms with Gasteiger partial charge in [0.05, 0.1) is 13.2 Å². The van der Waals surface area contributed by atoms with Gasteiger partial charge in [0.1, 0.15) is 5.75 Å². The van der Waals surface area contributed by atoms with Gasteiger partial charge in [0.15, 0.2) is 0 Å². The molecular weight excluding hydrogens is 188 g/mol. The van der Waals surface area contributed by atoms with Gasteiger partial charge < -0.3 is 9.84 Å². The van der Waals surface area contributed by atoms with Gasteiger partial charge in [0.2, 0.25) is 0 Å². The highest BCUT2D eigenvalue weighted by atomic mass is 16.5. The van der Waals surface area contributed by atoms with Gasteiger partial charge in [-0.15, -0.1) is 0 Å². The molecule has 2 nitrogen and oxygen atoms in total. The standard InChI is InChI=1S/C13H20O2/c1-4-11(10(2)14)9-12-7-5-6-8-13(12)15-3/h5-8,10-11,14H,4,9H2,1-3H3. The summed E-state index contributed by atoms with van der Waals surface area (Å²) in [5.74, 6) is 1.22. The summed E-state index contributed by atoms with van der Waals surface area (Å²) in [5.41, 5.74) is 1.17. The molecule has 2 atom stereocenters. The lowest BCUT2D eigenvalue weighted by Crippen LogP contribution is -2.18. The minimum Gasteiger partial charge on any atom is -0.496 e. The Labute approximate surface area is 91.9 Å². The Balaban J connectivity index is 2.78. The Morgan fingerprint density at radius 1 is 1.33 bits per heavy atom. The van der Waals surface area contributed by atoms with Gasteiger partial charge >= 0.3 is 0 Å². The zero-order valence-electron chi connectivity index (χ0n) is 9.73. The smallest absolute Gasteiger partial charge is 0.122 e. The van der Waals surface area contributed by atoms with Gasteiger partial charge in [-0.05, 0) is 30.9 Å². The maximum absolute atomic E-state index is 9.60. The van der Waals surface area contributed by atoms with E-state index in [2.05, 4.69) is 13.0 Å². The van der Waals surface area contributed by atoms with Gasteiger partial charge in [-0.25, -0.2) is 0 Å². The molecule has 0 radical (unpaired) electrons. The zero-order chi connectivity index (χ0) is 11.3. The van der Waals surface area contributed by atoms with Crippen LogP contribution in [0.3, 0.4) is 0 Å². The van der Waals surface area contributed by atoms with E-state index >= 15 is 0 Å². The number of ether oxygens (including phenoxy) is 1. The van der Waals surface area contributed by atoms with Crippen LogP contribution >= 0.6 is 0 Å². The normalized spacial score (nSPS) is 14.7. The second kappa shape index (κ2) is 5.76. The molecule has 0 aliphatic rings. The highest BCUT2D eigenvalue weighted by Gasteiger charge is 2.15. The van der Waals surface area contributed by atoms with Crippen molar-refractivity contribution in [2.75, 3.05) is 7.11 Å². The van der Waals surface area contributed by atoms with Crippen molar-refractivity contribution >= 4 is 0 Å². The van der Waals surface area contributed by atoms with E-state index in [4.69, 9.17) is 4.74 Å². The summed E-state index contributed by atoms with van der Waals surface area (Å²) in [6.07, 6.45) is 1.59. The van der Waals surface area contributed by atoms with Crippen molar-refractivity contribution in [3.8, 4) is 5.75 Å². The predicted octanol–water partition coefficient (Wildman–Crippen LogP) is 2.64. The molecule has 0 fully saturated rings. The summed E-state index contributed by atoms with van der Waals surface area (Å²) in [6, 6.07) is 7.99. The average molecular weight is 208 g/mol. The summed E-state index contributed by atoms with van der Waals surface area (Å²) in [7, 11) is 1.68. The van der Waals surface area contributed by atoms with Gasteiger partial charge in [-0.1, -0.05) is 31.5 Å². The number of benzene rings is 1. The highest BCUT2D eigenvalue weighted by Crippen LogP contribution is 2.23. The first-order valence-electron chi connectivity index (χ1n) is 5.49. The Bertz CT molecular complexity index is 294. The summed E-state index contributed by atoms with van der Waals surface area (Å²) in [4.78, 5) is 0. The number of aliphatic hydroxyl groups is 1. The quantitative estimate of drug-likeness (QED) is 0.806. The molecule has 0 spiro atoms. The van der Waals surface area contributed by atoms with E-state index in [0.29, 0.717) is 5.92 Å². The molecule has 0 aliphatic heterocycles. The lowest BCUT2D eigenvalue weighted by molar-refractivity contribution is 0.122. The molecule has 2 heteroatoms. The van der Waals surface area contributed by atoms with Crippen molar-refractivity contribution in [2.24, 2.45) is 5.92 Å². The fourth-order valence-electron chi connectivity index (χ4n) is 1.81. The third-order valence-electron chi connectivity index (χ3n) is 2.88. The van der Waals surface area contributed by atoms with Crippen LogP contribution in [0, 0.1) is 5.92 Å². The monoisotopic (exact) mass is 208 g/mol. The first-order chi connectivity index (χ1) is 7.19. The van der Waals surface area contributed by atoms with Crippen molar-refractivity contribution in [1.29, 1.82) is 0 Å². The Morgan fingerprint density at radius 3 is 2.53 bits per heavy atom. The fraction of sp³-hybridized carbons (Fsp3) is 0.538. The Kier molecular flexibility index (Phi) is 4.63. The third-order valence-corrected chi connectivity index (χ3v) is 2.88. The minimum absolute atomic E-state index is 0.264. The summed E-state index contributed by atoms with van der Waals surface area (Å²) < 4.78 is 5.29. The molecule has 0 heterocycles. The molecule has 0 aromatic heterocycles. The lowest BCUT2D eigenvalue weighted by atomic mass is 9.92. The molecule has 1 aromatic carbocycles. The minimum atomic E-state index is -0.264. The van der Waals surface area contributed by atoms with Crippen LogP contribution in [0.25, 0.3) is 0 Å². The number of aliphatic hydroxyl groups excluding tert-OH is 1. The molecule has 0 saturated heterocycles. The first kappa shape index (κ1) is 12.1. The number of methoxy groups -OCH3 is 1. The van der Waals surface area contributed by atoms with E-state index in [-0.39, 0.29) is 6.10 Å². The summed E-state index contributed by atoms with van der Waals surface area (Å²) in [6.45, 7) is 3.95. The molecule has 1 rings (SSSR count). The largest absolute Gasteiger partial charge is 0.496 e. The summed E-state index contributed by atoms with van der Waals surface area (Å²) >= 11 is 0. The second-order valence-electron chi connectivity index (χ2n) is 3.92. The topological polar surface area (TPSA) is 29.5 Å². The van der Waals surface area contributed by atoms with Crippen LogP contribution in [0.1, 0.15) is 25.8 Å². The van der Waals surface area contributed by atoms with Crippen molar-refractivity contribution in [2.45, 2.75) is 32.8 Å². The van der Waals surface area contributed by atoms with Crippen molar-refractivity contribution < 1.29 is 9.84 Å². The molecule has 0 aliphatic carbocycles. The third kappa shape index (κ3) is 3.24. The predicted molar refractivity (Wildman–Crippen MR) is 62.2 cm³/mol. The maximum atomic E-state index is 9.60. The van der Waals surface area contributed by atoms with E-state index in [0.717, 1.165) is 18.6 Å². The van der Waals surface area contributed by atoms with Crippen LogP contribution in [-0.2, 0) is 6.42 Å². The Hall–Kier alpha value is -1.02. The molecule has 2 unspecified atom stereocenters. The van der Waals surface area contributed by atoms with Crippen molar-refractivity contribution in [3.05, 3.63) is 29.8 Å². The molecule has 15 heavy (non-hydrogen) atoms. The van der Waals surface area contributed by atoms with Crippen LogP contribution in [0.4, 0.5) is 0 Å². The number of para-hydroxylation sites is 1. The number of rotatable bonds is 5. The number of hydrogen-bond donors (Lipinski definition) is 1. The van der Waals surface area contributed by atoms with E-state index < -0.39 is 0 Å². The maximum Gasteiger partial charge on any atom is 0.122 e. The molecule has 0 bridgehead atoms. The van der Waals surface area contributed by atoms with Crippen LogP contribution in [0.15, 0.2) is 24.3 Å². The van der Waals surface area contributed by atoms with Crippen molar-refractivity contribution in [3.63, 3.8) is 0 Å². The molecule has 0 amide bonds. The molecule has 84 valence electrons. The van der Waals surface area contributed by atoms with E-state index in [1.807, 2.05) is 25.1 Å². The van der Waals surface area contributed by atoms with Crippen molar-refractivity contribution in [1.82, 2.24) is 0 Å². The van der Waals surface area contributed by atoms with E-state index in [1.165, 1.54) is 5.56 Å². The van der Waals surface area contributed by atoms with Crippen LogP contribution in [-0.4, -0.2) is 18.3 Å². The van der Waals surface area contributed by atoms with Crippen LogP contribution in [0.5, 0.6) is 5.75 Å². The van der Waals surface area contributed by atoms with Crippen LogP contribution in [0.2, 0.25) is 0 Å². The molecule has 1 aromatic rings. The molecule has 0 saturated carbocycles. The van der Waals surface area contributed by atoms with E-state index in [1.54, 1.807) is 7.11 Å². The SMILES string of the molecule is CCC(Cc1ccccc1OC)C(C)O. The van der Waals surface area contributed by atoms with Gasteiger partial charge in [0, 0.05) is 0 Å². The Morgan fingerprint density at radius 2 is 2.00 bits per heavy atom. The lowest BCUT2D eigenvalue weighted by Gasteiger charge is -2.19. The second-order valence-corrected chi connectivity index (χ2v) is 3.92. The van der Waals surface area contributed by atoms with Gasteiger partial charge in [-0.2, -0.15) is 0 Å². The molecule has 1 N–H and O–H groups in total. The fourth-order valence-corrected chi connectivity index (χ4v) is 1.81. The molecular formula is C13H20O2. The zero-order valence-corrected chi connectivity index (χ0v) is 9.73. The van der Waals surface area contributed by atoms with E-state index in [9.17, 15) is 5.11 Å². The summed E-state index contributed by atoms with van der Waals surface area (Å²) in [5, 5.41) is 9.60. The number of hydrogen-bond acceptors (Lipinski definition) is 2. The first-order valence-corrected chi connectivity index (χ1v) is 5.49. The van der Waals surface area contributed by atoms with Gasteiger partial charge in [-0.3, -0.25) is 0 Å². The average Bonchev–Trinajstić information content (AvgIpc) is 2.25.